The fourth-order valence-electron chi connectivity index (χ4n) is 5.48. The highest BCUT2D eigenvalue weighted by molar-refractivity contribution is 4.99. The number of hydrogen-bond donors (Lipinski definition) is 2. The average molecular weight is 351 g/mol. The van der Waals surface area contributed by atoms with E-state index >= 15 is 0 Å². The quantitative estimate of drug-likeness (QED) is 0.422. The number of hydrogen-bond acceptors (Lipinski definition) is 3. The van der Waals surface area contributed by atoms with E-state index in [9.17, 15) is 5.11 Å². The Hall–Kier alpha value is -0.380. The Bertz CT molecular complexity index is 402. The van der Waals surface area contributed by atoms with E-state index in [0.29, 0.717) is 30.7 Å². The summed E-state index contributed by atoms with van der Waals surface area (Å²) in [5.41, 5.74) is 0. The third kappa shape index (κ3) is 5.55. The molecule has 0 aromatic rings. The van der Waals surface area contributed by atoms with E-state index in [1.807, 2.05) is 0 Å². The van der Waals surface area contributed by atoms with E-state index in [-0.39, 0.29) is 6.10 Å². The predicted octanol–water partition coefficient (Wildman–Crippen LogP) is 4.61. The zero-order valence-corrected chi connectivity index (χ0v) is 15.8. The molecule has 0 aromatic heterocycles. The van der Waals surface area contributed by atoms with E-state index in [1.54, 1.807) is 0 Å². The van der Waals surface area contributed by atoms with Crippen LogP contribution in [0.25, 0.3) is 0 Å². The topological polar surface area (TPSA) is 49.7 Å². The first-order chi connectivity index (χ1) is 12.3. The summed E-state index contributed by atoms with van der Waals surface area (Å²) in [7, 11) is 0. The number of fused-ring (bicyclic) bond motifs is 2. The predicted molar refractivity (Wildman–Crippen MR) is 101 cm³/mol. The van der Waals surface area contributed by atoms with Crippen molar-refractivity contribution in [2.45, 2.75) is 102 Å². The Morgan fingerprint density at radius 3 is 2.48 bits per heavy atom. The minimum Gasteiger partial charge on any atom is -0.396 e. The highest BCUT2D eigenvalue weighted by Gasteiger charge is 2.47. The molecule has 3 nitrogen and oxygen atoms in total. The second-order valence-electron chi connectivity index (χ2n) is 8.66. The molecule has 3 fully saturated rings. The standard InChI is InChI=1S/C22H38O3/c23-15-7-3-1-2-4-10-19-20(22-14-13-21(19)25-22)12-11-18(24)16-17-8-5-6-9-17/h2,4,17-24H,1,3,5-16H2/t18?,19-,20+,21-,22+/m0/s1. The van der Waals surface area contributed by atoms with Gasteiger partial charge in [0.2, 0.25) is 0 Å². The lowest BCUT2D eigenvalue weighted by Crippen LogP contribution is -2.28. The maximum atomic E-state index is 10.4. The van der Waals surface area contributed by atoms with Crippen molar-refractivity contribution in [3.63, 3.8) is 0 Å². The van der Waals surface area contributed by atoms with Crippen molar-refractivity contribution in [2.24, 2.45) is 17.8 Å². The molecule has 2 bridgehead atoms. The van der Waals surface area contributed by atoms with Crippen molar-refractivity contribution >= 4 is 0 Å². The van der Waals surface area contributed by atoms with Gasteiger partial charge in [0, 0.05) is 6.61 Å². The maximum absolute atomic E-state index is 10.4. The Labute approximate surface area is 153 Å². The van der Waals surface area contributed by atoms with E-state index < -0.39 is 0 Å². The number of allylic oxidation sites excluding steroid dienone is 2. The first-order valence-electron chi connectivity index (χ1n) is 10.9. The van der Waals surface area contributed by atoms with Gasteiger partial charge in [-0.2, -0.15) is 0 Å². The molecule has 0 aromatic carbocycles. The van der Waals surface area contributed by atoms with Gasteiger partial charge in [-0.05, 0) is 75.5 Å². The minimum atomic E-state index is -0.100. The highest BCUT2D eigenvalue weighted by atomic mass is 16.5. The molecule has 3 heteroatoms. The zero-order chi connectivity index (χ0) is 17.5. The molecule has 3 rings (SSSR count). The lowest BCUT2D eigenvalue weighted by Gasteiger charge is -2.28. The second-order valence-corrected chi connectivity index (χ2v) is 8.66. The average Bonchev–Trinajstić information content (AvgIpc) is 3.34. The van der Waals surface area contributed by atoms with E-state index in [1.165, 1.54) is 38.5 Å². The highest BCUT2D eigenvalue weighted by Crippen LogP contribution is 2.47. The lowest BCUT2D eigenvalue weighted by atomic mass is 9.74. The van der Waals surface area contributed by atoms with Crippen molar-refractivity contribution in [3.05, 3.63) is 12.2 Å². The van der Waals surface area contributed by atoms with Crippen LogP contribution in [0, 0.1) is 17.8 Å². The van der Waals surface area contributed by atoms with Crippen LogP contribution in [-0.4, -0.2) is 35.1 Å². The molecular formula is C22H38O3. The fraction of sp³-hybridized carbons (Fsp3) is 0.909. The van der Waals surface area contributed by atoms with Crippen molar-refractivity contribution in [3.8, 4) is 0 Å². The smallest absolute Gasteiger partial charge is 0.0614 e. The Morgan fingerprint density at radius 1 is 0.960 bits per heavy atom. The summed E-state index contributed by atoms with van der Waals surface area (Å²) in [4.78, 5) is 0. The van der Waals surface area contributed by atoms with Gasteiger partial charge >= 0.3 is 0 Å². The van der Waals surface area contributed by atoms with Gasteiger partial charge in [-0.1, -0.05) is 37.8 Å². The molecule has 1 unspecified atom stereocenters. The van der Waals surface area contributed by atoms with Gasteiger partial charge < -0.3 is 14.9 Å². The van der Waals surface area contributed by atoms with Gasteiger partial charge in [0.05, 0.1) is 18.3 Å². The van der Waals surface area contributed by atoms with Gasteiger partial charge in [-0.25, -0.2) is 0 Å². The molecule has 2 heterocycles. The molecule has 2 saturated heterocycles. The van der Waals surface area contributed by atoms with E-state index in [0.717, 1.165) is 50.9 Å². The van der Waals surface area contributed by atoms with Crippen LogP contribution in [0.2, 0.25) is 0 Å². The van der Waals surface area contributed by atoms with E-state index in [4.69, 9.17) is 9.84 Å². The first-order valence-corrected chi connectivity index (χ1v) is 10.9. The summed E-state index contributed by atoms with van der Waals surface area (Å²) < 4.78 is 6.21. The number of rotatable bonds is 11. The zero-order valence-electron chi connectivity index (χ0n) is 15.8. The third-order valence-corrected chi connectivity index (χ3v) is 6.86. The molecule has 0 radical (unpaired) electrons. The number of ether oxygens (including phenoxy) is 1. The van der Waals surface area contributed by atoms with Gasteiger partial charge in [0.25, 0.3) is 0 Å². The van der Waals surface area contributed by atoms with Crippen molar-refractivity contribution in [1.29, 1.82) is 0 Å². The maximum Gasteiger partial charge on any atom is 0.0614 e. The Morgan fingerprint density at radius 2 is 1.72 bits per heavy atom. The summed E-state index contributed by atoms with van der Waals surface area (Å²) in [6, 6.07) is 0. The Kier molecular flexibility index (Phi) is 7.82. The normalized spacial score (nSPS) is 33.7. The van der Waals surface area contributed by atoms with Gasteiger partial charge in [0.1, 0.15) is 0 Å². The van der Waals surface area contributed by atoms with Crippen molar-refractivity contribution < 1.29 is 14.9 Å². The van der Waals surface area contributed by atoms with Crippen LogP contribution in [0.4, 0.5) is 0 Å². The van der Waals surface area contributed by atoms with Gasteiger partial charge in [0.15, 0.2) is 0 Å². The molecule has 0 spiro atoms. The number of unbranched alkanes of at least 4 members (excludes halogenated alkanes) is 2. The van der Waals surface area contributed by atoms with E-state index in [2.05, 4.69) is 12.2 Å². The van der Waals surface area contributed by atoms with Crippen molar-refractivity contribution in [1.82, 2.24) is 0 Å². The van der Waals surface area contributed by atoms with Crippen LogP contribution in [-0.2, 0) is 4.74 Å². The minimum absolute atomic E-state index is 0.100. The Balaban J connectivity index is 1.40. The molecule has 25 heavy (non-hydrogen) atoms. The molecule has 144 valence electrons. The van der Waals surface area contributed by atoms with Crippen LogP contribution >= 0.6 is 0 Å². The molecular weight excluding hydrogens is 312 g/mol. The van der Waals surface area contributed by atoms with Crippen LogP contribution in [0.15, 0.2) is 12.2 Å². The molecule has 5 atom stereocenters. The summed E-state index contributed by atoms with van der Waals surface area (Å²) in [6.07, 6.45) is 20.6. The van der Waals surface area contributed by atoms with Crippen LogP contribution in [0.3, 0.4) is 0 Å². The molecule has 3 aliphatic rings. The summed E-state index contributed by atoms with van der Waals surface area (Å²) >= 11 is 0. The number of aliphatic hydroxyl groups excluding tert-OH is 2. The first kappa shape index (κ1) is 19.4. The van der Waals surface area contributed by atoms with Gasteiger partial charge in [-0.3, -0.25) is 0 Å². The summed E-state index contributed by atoms with van der Waals surface area (Å²) in [5, 5.41) is 19.3. The largest absolute Gasteiger partial charge is 0.396 e. The van der Waals surface area contributed by atoms with Crippen LogP contribution in [0.1, 0.15) is 83.5 Å². The fourth-order valence-corrected chi connectivity index (χ4v) is 5.48. The van der Waals surface area contributed by atoms with Crippen LogP contribution in [0.5, 0.6) is 0 Å². The molecule has 2 aliphatic heterocycles. The lowest BCUT2D eigenvalue weighted by molar-refractivity contribution is 0.0817. The third-order valence-electron chi connectivity index (χ3n) is 6.86. The van der Waals surface area contributed by atoms with Gasteiger partial charge in [-0.15, -0.1) is 0 Å². The van der Waals surface area contributed by atoms with Crippen LogP contribution < -0.4 is 0 Å². The summed E-state index contributed by atoms with van der Waals surface area (Å²) in [5.74, 6) is 2.09. The molecule has 1 saturated carbocycles. The summed E-state index contributed by atoms with van der Waals surface area (Å²) in [6.45, 7) is 0.305. The van der Waals surface area contributed by atoms with Crippen molar-refractivity contribution in [2.75, 3.05) is 6.61 Å². The molecule has 2 N–H and O–H groups in total. The molecule has 0 amide bonds. The second kappa shape index (κ2) is 10.1. The number of aliphatic hydroxyl groups is 2. The SMILES string of the molecule is OCCCCC=CC[C@H]1[C@@H](CCC(O)CC2CCCC2)[C@H]2CC[C@@H]1O2. The monoisotopic (exact) mass is 350 g/mol. The molecule has 1 aliphatic carbocycles.